The Morgan fingerprint density at radius 2 is 1.94 bits per heavy atom. The van der Waals surface area contributed by atoms with Gasteiger partial charge in [-0.05, 0) is 44.0 Å². The van der Waals surface area contributed by atoms with E-state index in [9.17, 15) is 0 Å². The van der Waals surface area contributed by atoms with E-state index in [2.05, 4.69) is 53.1 Å². The number of rotatable bonds is 5. The third-order valence-electron chi connectivity index (χ3n) is 5.74. The van der Waals surface area contributed by atoms with Crippen molar-refractivity contribution in [3.8, 4) is 17.3 Å². The molecule has 0 radical (unpaired) electrons. The fourth-order valence-electron chi connectivity index (χ4n) is 3.79. The van der Waals surface area contributed by atoms with Gasteiger partial charge in [0.25, 0.3) is 0 Å². The fraction of sp³-hybridized carbons (Fsp3) is 0.318. The molecule has 32 heavy (non-hydrogen) atoms. The number of nitrogens with one attached hydrogen (secondary N) is 2. The summed E-state index contributed by atoms with van der Waals surface area (Å²) in [7, 11) is 1.57. The van der Waals surface area contributed by atoms with Gasteiger partial charge in [0, 0.05) is 24.8 Å². The van der Waals surface area contributed by atoms with Crippen LogP contribution in [-0.4, -0.2) is 55.6 Å². The average Bonchev–Trinajstić information content (AvgIpc) is 3.28. The lowest BCUT2D eigenvalue weighted by Crippen LogP contribution is -2.48. The van der Waals surface area contributed by atoms with Crippen LogP contribution in [-0.2, 0) is 0 Å². The fourth-order valence-corrected chi connectivity index (χ4v) is 3.79. The van der Waals surface area contributed by atoms with Gasteiger partial charge in [-0.15, -0.1) is 0 Å². The van der Waals surface area contributed by atoms with E-state index in [0.717, 1.165) is 37.1 Å². The number of aromatic amines is 1. The number of H-pyrrole nitrogens is 1. The molecule has 10 nitrogen and oxygen atoms in total. The van der Waals surface area contributed by atoms with Crippen molar-refractivity contribution < 1.29 is 4.74 Å². The lowest BCUT2D eigenvalue weighted by atomic mass is 9.91. The summed E-state index contributed by atoms with van der Waals surface area (Å²) in [5, 5.41) is 3.17. The molecule has 0 amide bonds. The molecule has 0 bridgehead atoms. The van der Waals surface area contributed by atoms with Crippen molar-refractivity contribution in [2.75, 3.05) is 30.4 Å². The summed E-state index contributed by atoms with van der Waals surface area (Å²) in [5.41, 5.74) is 10.1. The third kappa shape index (κ3) is 4.04. The molecule has 0 spiro atoms. The topological polar surface area (TPSA) is 131 Å². The van der Waals surface area contributed by atoms with Crippen molar-refractivity contribution >= 4 is 28.5 Å². The summed E-state index contributed by atoms with van der Waals surface area (Å²) in [6, 6.07) is 7.67. The highest BCUT2D eigenvalue weighted by Gasteiger charge is 2.26. The Hall–Kier alpha value is -3.79. The SMILES string of the molecule is COc1nc(-c2ccnc(Nc3ccc(N4CCC(C)(N)CC4)cn3)n2)cc2[nH]cnc12. The molecule has 1 saturated heterocycles. The number of ether oxygens (including phenoxy) is 1. The molecule has 5 rings (SSSR count). The van der Waals surface area contributed by atoms with Crippen LogP contribution in [0.3, 0.4) is 0 Å². The van der Waals surface area contributed by atoms with Gasteiger partial charge in [0.1, 0.15) is 5.82 Å². The largest absolute Gasteiger partial charge is 0.479 e. The van der Waals surface area contributed by atoms with Crippen molar-refractivity contribution in [2.45, 2.75) is 25.3 Å². The van der Waals surface area contributed by atoms with Crippen LogP contribution in [0.15, 0.2) is 43.0 Å². The maximum absolute atomic E-state index is 6.24. The minimum Gasteiger partial charge on any atom is -0.479 e. The Bertz CT molecular complexity index is 1230. The zero-order valence-corrected chi connectivity index (χ0v) is 18.0. The van der Waals surface area contributed by atoms with Crippen LogP contribution >= 0.6 is 0 Å². The van der Waals surface area contributed by atoms with E-state index in [1.165, 1.54) is 0 Å². The van der Waals surface area contributed by atoms with Crippen LogP contribution in [0.1, 0.15) is 19.8 Å². The number of hydrogen-bond donors (Lipinski definition) is 3. The Kier molecular flexibility index (Phi) is 5.06. The van der Waals surface area contributed by atoms with Crippen LogP contribution in [0.5, 0.6) is 5.88 Å². The summed E-state index contributed by atoms with van der Waals surface area (Å²) in [5.74, 6) is 1.54. The molecular weight excluding hydrogens is 406 g/mol. The zero-order valence-electron chi connectivity index (χ0n) is 18.0. The van der Waals surface area contributed by atoms with E-state index >= 15 is 0 Å². The van der Waals surface area contributed by atoms with Gasteiger partial charge in [-0.3, -0.25) is 0 Å². The number of methoxy groups -OCH3 is 1. The second-order valence-electron chi connectivity index (χ2n) is 8.25. The minimum atomic E-state index is -0.0748. The first-order valence-corrected chi connectivity index (χ1v) is 10.5. The molecular formula is C22H25N9O. The van der Waals surface area contributed by atoms with E-state index < -0.39 is 0 Å². The number of imidazole rings is 1. The monoisotopic (exact) mass is 431 g/mol. The van der Waals surface area contributed by atoms with Crippen LogP contribution in [0.4, 0.5) is 17.5 Å². The van der Waals surface area contributed by atoms with E-state index in [-0.39, 0.29) is 5.54 Å². The average molecular weight is 432 g/mol. The molecule has 10 heteroatoms. The van der Waals surface area contributed by atoms with Crippen LogP contribution < -0.4 is 20.7 Å². The van der Waals surface area contributed by atoms with Gasteiger partial charge in [0.15, 0.2) is 5.52 Å². The number of fused-ring (bicyclic) bond motifs is 1. The number of nitrogens with zero attached hydrogens (tertiary/aromatic N) is 6. The number of aromatic nitrogens is 6. The van der Waals surface area contributed by atoms with Crippen molar-refractivity contribution in [3.05, 3.63) is 43.0 Å². The molecule has 0 unspecified atom stereocenters. The molecule has 0 aromatic carbocycles. The quantitative estimate of drug-likeness (QED) is 0.436. The van der Waals surface area contributed by atoms with Crippen molar-refractivity contribution in [2.24, 2.45) is 5.73 Å². The molecule has 0 aliphatic carbocycles. The molecule has 4 aromatic heterocycles. The van der Waals surface area contributed by atoms with Gasteiger partial charge in [-0.1, -0.05) is 0 Å². The van der Waals surface area contributed by atoms with Crippen LogP contribution in [0.2, 0.25) is 0 Å². The van der Waals surface area contributed by atoms with Gasteiger partial charge in [0.2, 0.25) is 11.8 Å². The molecule has 4 aromatic rings. The molecule has 1 aliphatic rings. The highest BCUT2D eigenvalue weighted by Crippen LogP contribution is 2.27. The molecule has 0 saturated carbocycles. The van der Waals surface area contributed by atoms with Crippen molar-refractivity contribution in [3.63, 3.8) is 0 Å². The second-order valence-corrected chi connectivity index (χ2v) is 8.25. The second kappa shape index (κ2) is 8.04. The number of piperidine rings is 1. The zero-order chi connectivity index (χ0) is 22.1. The van der Waals surface area contributed by atoms with E-state index in [4.69, 9.17) is 10.5 Å². The van der Waals surface area contributed by atoms with E-state index in [0.29, 0.717) is 34.6 Å². The van der Waals surface area contributed by atoms with Gasteiger partial charge in [-0.2, -0.15) is 0 Å². The first kappa shape index (κ1) is 20.1. The molecule has 1 fully saturated rings. The molecule has 0 atom stereocenters. The maximum atomic E-state index is 6.24. The Morgan fingerprint density at radius 3 is 2.69 bits per heavy atom. The maximum Gasteiger partial charge on any atom is 0.242 e. The van der Waals surface area contributed by atoms with Gasteiger partial charge >= 0.3 is 0 Å². The molecule has 5 heterocycles. The standard InChI is InChI=1S/C22H25N9O/c1-22(23)6-9-31(10-7-22)14-3-4-18(25-12-14)30-21-24-8-5-15(29-21)16-11-17-19(27-13-26-17)20(28-16)32-2/h3-5,8,11-13H,6-7,9-10,23H2,1-2H3,(H,26,27)(H,24,25,29,30). The Balaban J connectivity index is 1.33. The minimum absolute atomic E-state index is 0.0748. The van der Waals surface area contributed by atoms with Crippen LogP contribution in [0, 0.1) is 0 Å². The van der Waals surface area contributed by atoms with Gasteiger partial charge in [0.05, 0.1) is 42.2 Å². The Morgan fingerprint density at radius 1 is 1.09 bits per heavy atom. The molecule has 4 N–H and O–H groups in total. The number of anilines is 3. The number of nitrogens with two attached hydrogens (primary N) is 1. The lowest BCUT2D eigenvalue weighted by Gasteiger charge is -2.37. The van der Waals surface area contributed by atoms with Crippen molar-refractivity contribution in [1.29, 1.82) is 0 Å². The van der Waals surface area contributed by atoms with Gasteiger partial charge in [-0.25, -0.2) is 24.9 Å². The predicted octanol–water partition coefficient (Wildman–Crippen LogP) is 2.88. The molecule has 1 aliphatic heterocycles. The third-order valence-corrected chi connectivity index (χ3v) is 5.74. The van der Waals surface area contributed by atoms with Crippen LogP contribution in [0.25, 0.3) is 22.4 Å². The van der Waals surface area contributed by atoms with Crippen molar-refractivity contribution in [1.82, 2.24) is 29.9 Å². The number of pyridine rings is 2. The van der Waals surface area contributed by atoms with Gasteiger partial charge < -0.3 is 25.7 Å². The first-order chi connectivity index (χ1) is 15.5. The Labute approximate surface area is 185 Å². The summed E-state index contributed by atoms with van der Waals surface area (Å²) >= 11 is 0. The normalized spacial score (nSPS) is 15.7. The summed E-state index contributed by atoms with van der Waals surface area (Å²) in [6.45, 7) is 3.98. The summed E-state index contributed by atoms with van der Waals surface area (Å²) < 4.78 is 5.37. The lowest BCUT2D eigenvalue weighted by molar-refractivity contribution is 0.364. The number of hydrogen-bond acceptors (Lipinski definition) is 9. The van der Waals surface area contributed by atoms with E-state index in [1.807, 2.05) is 18.3 Å². The first-order valence-electron chi connectivity index (χ1n) is 10.5. The highest BCUT2D eigenvalue weighted by molar-refractivity contribution is 5.83. The summed E-state index contributed by atoms with van der Waals surface area (Å²) in [4.78, 5) is 27.6. The summed E-state index contributed by atoms with van der Waals surface area (Å²) in [6.07, 6.45) is 7.10. The smallest absolute Gasteiger partial charge is 0.242 e. The highest BCUT2D eigenvalue weighted by atomic mass is 16.5. The van der Waals surface area contributed by atoms with E-state index in [1.54, 1.807) is 25.7 Å². The predicted molar refractivity (Wildman–Crippen MR) is 123 cm³/mol. The molecule has 164 valence electrons.